The fourth-order valence-corrected chi connectivity index (χ4v) is 1.66. The van der Waals surface area contributed by atoms with E-state index in [2.05, 4.69) is 11.9 Å². The Morgan fingerprint density at radius 3 is 3.07 bits per heavy atom. The second kappa shape index (κ2) is 3.81. The average Bonchev–Trinajstić information content (AvgIpc) is 2.74. The molecule has 1 aromatic rings. The summed E-state index contributed by atoms with van der Waals surface area (Å²) in [6.07, 6.45) is 3.45. The molecule has 0 aliphatic heterocycles. The van der Waals surface area contributed by atoms with Gasteiger partial charge in [-0.1, -0.05) is 6.92 Å². The molecule has 1 fully saturated rings. The van der Waals surface area contributed by atoms with E-state index in [1.165, 1.54) is 12.5 Å². The summed E-state index contributed by atoms with van der Waals surface area (Å²) in [6.45, 7) is 2.69. The highest BCUT2D eigenvalue weighted by atomic mass is 16.3. The van der Waals surface area contributed by atoms with Crippen LogP contribution in [0.15, 0.2) is 21.5 Å². The van der Waals surface area contributed by atoms with Gasteiger partial charge in [0.1, 0.15) is 11.5 Å². The van der Waals surface area contributed by atoms with E-state index < -0.39 is 0 Å². The van der Waals surface area contributed by atoms with E-state index in [1.807, 2.05) is 12.1 Å². The molecule has 1 aromatic heterocycles. The van der Waals surface area contributed by atoms with Crippen molar-refractivity contribution in [3.05, 3.63) is 23.7 Å². The monoisotopic (exact) mass is 191 g/mol. The lowest BCUT2D eigenvalue weighted by Gasteiger charge is -1.92. The van der Waals surface area contributed by atoms with Gasteiger partial charge in [0, 0.05) is 12.3 Å². The quantitative estimate of drug-likeness (QED) is 0.541. The summed E-state index contributed by atoms with van der Waals surface area (Å²) in [5.74, 6) is 3.39. The molecular formula is C11H13NO2. The number of isocyanates is 1. The Labute approximate surface area is 82.8 Å². The van der Waals surface area contributed by atoms with Crippen LogP contribution in [-0.4, -0.2) is 12.6 Å². The van der Waals surface area contributed by atoms with E-state index >= 15 is 0 Å². The van der Waals surface area contributed by atoms with Crippen LogP contribution in [0.3, 0.4) is 0 Å². The number of nitrogens with zero attached hydrogens (tertiary/aromatic N) is 1. The van der Waals surface area contributed by atoms with E-state index in [4.69, 9.17) is 4.42 Å². The van der Waals surface area contributed by atoms with Crippen molar-refractivity contribution in [1.29, 1.82) is 0 Å². The zero-order chi connectivity index (χ0) is 9.97. The Hall–Kier alpha value is -1.34. The van der Waals surface area contributed by atoms with Crippen LogP contribution in [0.5, 0.6) is 0 Å². The molecule has 0 spiro atoms. The first-order valence-electron chi connectivity index (χ1n) is 4.93. The minimum atomic E-state index is 0.469. The third-order valence-corrected chi connectivity index (χ3v) is 2.69. The second-order valence-corrected chi connectivity index (χ2v) is 3.85. The molecule has 0 bridgehead atoms. The molecule has 0 saturated heterocycles. The predicted octanol–water partition coefficient (Wildman–Crippen LogP) is 2.28. The van der Waals surface area contributed by atoms with Gasteiger partial charge in [0.15, 0.2) is 0 Å². The lowest BCUT2D eigenvalue weighted by Crippen LogP contribution is -1.85. The first-order valence-corrected chi connectivity index (χ1v) is 4.93. The molecule has 0 radical (unpaired) electrons. The van der Waals surface area contributed by atoms with Crippen molar-refractivity contribution >= 4 is 6.08 Å². The maximum atomic E-state index is 9.84. The third-order valence-electron chi connectivity index (χ3n) is 2.69. The van der Waals surface area contributed by atoms with E-state index in [0.717, 1.165) is 17.4 Å². The van der Waals surface area contributed by atoms with E-state index in [0.29, 0.717) is 18.9 Å². The minimum absolute atomic E-state index is 0.469. The van der Waals surface area contributed by atoms with Gasteiger partial charge in [-0.3, -0.25) is 0 Å². The Bertz CT molecular complexity index is 363. The van der Waals surface area contributed by atoms with Gasteiger partial charge in [-0.2, -0.15) is 0 Å². The molecule has 0 amide bonds. The number of hydrogen-bond donors (Lipinski definition) is 0. The number of aliphatic imine (C=N–C) groups is 1. The zero-order valence-corrected chi connectivity index (χ0v) is 8.19. The molecule has 3 nitrogen and oxygen atoms in total. The van der Waals surface area contributed by atoms with Crippen LogP contribution < -0.4 is 0 Å². The molecule has 2 atom stereocenters. The van der Waals surface area contributed by atoms with Crippen molar-refractivity contribution in [3.8, 4) is 0 Å². The summed E-state index contributed by atoms with van der Waals surface area (Å²) in [5, 5.41) is 0. The Balaban J connectivity index is 1.93. The third kappa shape index (κ3) is 1.94. The van der Waals surface area contributed by atoms with Crippen LogP contribution in [0.2, 0.25) is 0 Å². The lowest BCUT2D eigenvalue weighted by molar-refractivity contribution is 0.462. The highest BCUT2D eigenvalue weighted by molar-refractivity contribution is 5.32. The topological polar surface area (TPSA) is 42.6 Å². The molecule has 1 aliphatic carbocycles. The minimum Gasteiger partial charge on any atom is -0.466 e. The van der Waals surface area contributed by atoms with Gasteiger partial charge in [0.2, 0.25) is 6.08 Å². The van der Waals surface area contributed by atoms with Gasteiger partial charge in [-0.25, -0.2) is 9.79 Å². The van der Waals surface area contributed by atoms with Crippen molar-refractivity contribution in [2.75, 3.05) is 6.54 Å². The summed E-state index contributed by atoms with van der Waals surface area (Å²) in [5.41, 5.74) is 0. The van der Waals surface area contributed by atoms with Crippen LogP contribution in [0.1, 0.15) is 30.8 Å². The Morgan fingerprint density at radius 1 is 1.64 bits per heavy atom. The lowest BCUT2D eigenvalue weighted by atomic mass is 10.3. The van der Waals surface area contributed by atoms with Gasteiger partial charge in [-0.05, 0) is 24.5 Å². The second-order valence-electron chi connectivity index (χ2n) is 3.85. The first-order chi connectivity index (χ1) is 6.81. The van der Waals surface area contributed by atoms with Gasteiger partial charge in [0.05, 0.1) is 6.54 Å². The molecule has 0 N–H and O–H groups in total. The highest BCUT2D eigenvalue weighted by Gasteiger charge is 2.36. The molecule has 1 saturated carbocycles. The van der Waals surface area contributed by atoms with Crippen LogP contribution in [0.4, 0.5) is 0 Å². The summed E-state index contributed by atoms with van der Waals surface area (Å²) in [6, 6.07) is 4.01. The summed E-state index contributed by atoms with van der Waals surface area (Å²) in [7, 11) is 0. The van der Waals surface area contributed by atoms with Crippen LogP contribution in [-0.2, 0) is 11.2 Å². The van der Waals surface area contributed by atoms with Crippen molar-refractivity contribution < 1.29 is 9.21 Å². The normalized spacial score (nSPS) is 24.4. The Morgan fingerprint density at radius 2 is 2.43 bits per heavy atom. The standard InChI is InChI=1S/C11H13NO2/c1-8-6-10(8)11-3-2-9(14-11)4-5-12-7-13/h2-3,8,10H,4-6H2,1H3. The maximum Gasteiger partial charge on any atom is 0.234 e. The first kappa shape index (κ1) is 9.22. The molecule has 1 heterocycles. The van der Waals surface area contributed by atoms with Crippen LogP contribution in [0, 0.1) is 5.92 Å². The van der Waals surface area contributed by atoms with Crippen molar-refractivity contribution in [2.45, 2.75) is 25.7 Å². The molecule has 3 heteroatoms. The highest BCUT2D eigenvalue weighted by Crippen LogP contribution is 2.47. The van der Waals surface area contributed by atoms with E-state index in [-0.39, 0.29) is 0 Å². The summed E-state index contributed by atoms with van der Waals surface area (Å²) >= 11 is 0. The van der Waals surface area contributed by atoms with Gasteiger partial charge in [0.25, 0.3) is 0 Å². The Kier molecular flexibility index (Phi) is 2.51. The largest absolute Gasteiger partial charge is 0.466 e. The van der Waals surface area contributed by atoms with Gasteiger partial charge >= 0.3 is 0 Å². The average molecular weight is 191 g/mol. The molecule has 0 aromatic carbocycles. The van der Waals surface area contributed by atoms with E-state index in [1.54, 1.807) is 0 Å². The summed E-state index contributed by atoms with van der Waals surface area (Å²) in [4.78, 5) is 13.3. The molecule has 74 valence electrons. The van der Waals surface area contributed by atoms with Crippen molar-refractivity contribution in [1.82, 2.24) is 0 Å². The summed E-state index contributed by atoms with van der Waals surface area (Å²) < 4.78 is 5.63. The fourth-order valence-electron chi connectivity index (χ4n) is 1.66. The van der Waals surface area contributed by atoms with Crippen LogP contribution in [0.25, 0.3) is 0 Å². The molecule has 1 aliphatic rings. The van der Waals surface area contributed by atoms with Crippen LogP contribution >= 0.6 is 0 Å². The van der Waals surface area contributed by atoms with Crippen molar-refractivity contribution in [2.24, 2.45) is 10.9 Å². The van der Waals surface area contributed by atoms with E-state index in [9.17, 15) is 4.79 Å². The number of carbonyl (C=O) groups excluding carboxylic acids is 1. The van der Waals surface area contributed by atoms with Gasteiger partial charge in [-0.15, -0.1) is 0 Å². The number of rotatable bonds is 4. The fraction of sp³-hybridized carbons (Fsp3) is 0.545. The molecule has 2 rings (SSSR count). The smallest absolute Gasteiger partial charge is 0.234 e. The molecular weight excluding hydrogens is 178 g/mol. The SMILES string of the molecule is CC1CC1c1ccc(CCN=C=O)o1. The number of hydrogen-bond acceptors (Lipinski definition) is 3. The molecule has 14 heavy (non-hydrogen) atoms. The maximum absolute atomic E-state index is 9.84. The number of furan rings is 1. The zero-order valence-electron chi connectivity index (χ0n) is 8.19. The molecule has 2 unspecified atom stereocenters. The predicted molar refractivity (Wildman–Crippen MR) is 51.9 cm³/mol. The van der Waals surface area contributed by atoms with Crippen molar-refractivity contribution in [3.63, 3.8) is 0 Å². The van der Waals surface area contributed by atoms with Gasteiger partial charge < -0.3 is 4.42 Å².